The zero-order chi connectivity index (χ0) is 13.1. The molecule has 5 heteroatoms. The second kappa shape index (κ2) is 5.18. The Morgan fingerprint density at radius 1 is 1.39 bits per heavy atom. The van der Waals surface area contributed by atoms with Crippen molar-refractivity contribution in [3.63, 3.8) is 0 Å². The quantitative estimate of drug-likeness (QED) is 0.864. The highest BCUT2D eigenvalue weighted by Gasteiger charge is 2.19. The van der Waals surface area contributed by atoms with Crippen LogP contribution in [0.3, 0.4) is 0 Å². The lowest BCUT2D eigenvalue weighted by Gasteiger charge is -2.20. The third kappa shape index (κ3) is 2.36. The molecule has 1 aromatic carbocycles. The molecule has 0 saturated carbocycles. The number of hydrogen-bond donors (Lipinski definition) is 1. The molecule has 0 spiro atoms. The highest BCUT2D eigenvalue weighted by atomic mass is 32.1. The summed E-state index contributed by atoms with van der Waals surface area (Å²) < 4.78 is 0. The molecule has 0 atom stereocenters. The Morgan fingerprint density at radius 3 is 2.56 bits per heavy atom. The van der Waals surface area contributed by atoms with Gasteiger partial charge in [0.1, 0.15) is 4.88 Å². The fraction of sp³-hybridized carbons (Fsp3) is 0.231. The second-order valence-electron chi connectivity index (χ2n) is 3.91. The van der Waals surface area contributed by atoms with Crippen LogP contribution in [-0.2, 0) is 0 Å². The van der Waals surface area contributed by atoms with Gasteiger partial charge in [0, 0.05) is 17.9 Å². The van der Waals surface area contributed by atoms with E-state index in [9.17, 15) is 4.79 Å². The number of hydrogen-bond acceptors (Lipinski definition) is 4. The average molecular weight is 261 g/mol. The molecule has 1 amide bonds. The summed E-state index contributed by atoms with van der Waals surface area (Å²) in [5, 5.41) is 0. The van der Waals surface area contributed by atoms with Gasteiger partial charge in [-0.25, -0.2) is 4.98 Å². The minimum atomic E-state index is -0.0118. The Labute approximate surface area is 110 Å². The number of aromatic nitrogens is 1. The van der Waals surface area contributed by atoms with E-state index in [0.717, 1.165) is 11.4 Å². The minimum absolute atomic E-state index is 0.0118. The first-order valence-corrected chi connectivity index (χ1v) is 6.59. The van der Waals surface area contributed by atoms with E-state index in [1.807, 2.05) is 26.0 Å². The maximum absolute atomic E-state index is 12.4. The van der Waals surface area contributed by atoms with Crippen LogP contribution >= 0.6 is 11.3 Å². The second-order valence-corrected chi connectivity index (χ2v) is 4.76. The largest absolute Gasteiger partial charge is 0.399 e. The third-order valence-electron chi connectivity index (χ3n) is 2.71. The predicted octanol–water partition coefficient (Wildman–Crippen LogP) is 2.70. The van der Waals surface area contributed by atoms with Gasteiger partial charge in [0.15, 0.2) is 0 Å². The summed E-state index contributed by atoms with van der Waals surface area (Å²) in [5.74, 6) is -0.0118. The first-order chi connectivity index (χ1) is 8.63. The van der Waals surface area contributed by atoms with Gasteiger partial charge in [0.25, 0.3) is 5.91 Å². The molecule has 2 aromatic rings. The average Bonchev–Trinajstić information content (AvgIpc) is 2.78. The fourth-order valence-corrected chi connectivity index (χ4v) is 2.48. The summed E-state index contributed by atoms with van der Waals surface area (Å²) in [6, 6.07) is 7.30. The van der Waals surface area contributed by atoms with Crippen molar-refractivity contribution in [2.24, 2.45) is 0 Å². The van der Waals surface area contributed by atoms with Gasteiger partial charge in [-0.05, 0) is 38.1 Å². The normalized spacial score (nSPS) is 10.3. The van der Waals surface area contributed by atoms with Crippen LogP contribution in [-0.4, -0.2) is 17.4 Å². The molecule has 0 unspecified atom stereocenters. The Morgan fingerprint density at radius 2 is 2.06 bits per heavy atom. The van der Waals surface area contributed by atoms with Crippen LogP contribution in [0.25, 0.3) is 0 Å². The van der Waals surface area contributed by atoms with Crippen molar-refractivity contribution in [1.29, 1.82) is 0 Å². The van der Waals surface area contributed by atoms with E-state index in [2.05, 4.69) is 4.98 Å². The molecular formula is C13H15N3OS. The summed E-state index contributed by atoms with van der Waals surface area (Å²) in [7, 11) is 0. The molecule has 4 nitrogen and oxygen atoms in total. The summed E-state index contributed by atoms with van der Waals surface area (Å²) in [5.41, 5.74) is 9.66. The van der Waals surface area contributed by atoms with E-state index in [1.54, 1.807) is 22.5 Å². The summed E-state index contributed by atoms with van der Waals surface area (Å²) >= 11 is 1.37. The van der Waals surface area contributed by atoms with Gasteiger partial charge in [0.2, 0.25) is 0 Å². The number of carbonyl (C=O) groups excluding carboxylic acids is 1. The Hall–Kier alpha value is -1.88. The molecule has 0 aliphatic rings. The molecule has 0 radical (unpaired) electrons. The van der Waals surface area contributed by atoms with Gasteiger partial charge >= 0.3 is 0 Å². The van der Waals surface area contributed by atoms with E-state index in [4.69, 9.17) is 5.73 Å². The molecule has 0 fully saturated rings. The molecule has 2 rings (SSSR count). The molecule has 1 aromatic heterocycles. The number of amides is 1. The molecule has 1 heterocycles. The Bertz CT molecular complexity index is 548. The number of rotatable bonds is 3. The van der Waals surface area contributed by atoms with E-state index in [0.29, 0.717) is 17.1 Å². The van der Waals surface area contributed by atoms with Crippen LogP contribution in [0.4, 0.5) is 11.4 Å². The standard InChI is InChI=1S/C13H15N3OS/c1-3-16(11-6-4-10(14)5-7-11)13(17)12-9(2)15-8-18-12/h4-8H,3,14H2,1-2H3. The molecule has 0 aliphatic heterocycles. The zero-order valence-corrected chi connectivity index (χ0v) is 11.2. The zero-order valence-electron chi connectivity index (χ0n) is 10.4. The van der Waals surface area contributed by atoms with Gasteiger partial charge in [-0.2, -0.15) is 0 Å². The van der Waals surface area contributed by atoms with Crippen molar-refractivity contribution in [2.45, 2.75) is 13.8 Å². The van der Waals surface area contributed by atoms with Crippen LogP contribution in [0.5, 0.6) is 0 Å². The maximum atomic E-state index is 12.4. The smallest absolute Gasteiger partial charge is 0.270 e. The number of aryl methyl sites for hydroxylation is 1. The lowest BCUT2D eigenvalue weighted by atomic mass is 10.2. The lowest BCUT2D eigenvalue weighted by Crippen LogP contribution is -2.30. The topological polar surface area (TPSA) is 59.2 Å². The molecular weight excluding hydrogens is 246 g/mol. The SMILES string of the molecule is CCN(C(=O)c1scnc1C)c1ccc(N)cc1. The third-order valence-corrected chi connectivity index (χ3v) is 3.62. The summed E-state index contributed by atoms with van der Waals surface area (Å²) in [6.45, 7) is 4.41. The molecule has 18 heavy (non-hydrogen) atoms. The highest BCUT2D eigenvalue weighted by Crippen LogP contribution is 2.21. The van der Waals surface area contributed by atoms with Gasteiger partial charge < -0.3 is 10.6 Å². The van der Waals surface area contributed by atoms with Crippen molar-refractivity contribution in [1.82, 2.24) is 4.98 Å². The van der Waals surface area contributed by atoms with Crippen LogP contribution in [0.2, 0.25) is 0 Å². The van der Waals surface area contributed by atoms with Crippen molar-refractivity contribution < 1.29 is 4.79 Å². The number of benzene rings is 1. The molecule has 94 valence electrons. The van der Waals surface area contributed by atoms with Crippen molar-refractivity contribution in [3.8, 4) is 0 Å². The van der Waals surface area contributed by atoms with Gasteiger partial charge in [-0.1, -0.05) is 0 Å². The van der Waals surface area contributed by atoms with Gasteiger partial charge in [-0.15, -0.1) is 11.3 Å². The number of nitrogens with two attached hydrogens (primary N) is 1. The molecule has 2 N–H and O–H groups in total. The van der Waals surface area contributed by atoms with Gasteiger partial charge in [0.05, 0.1) is 11.2 Å². The van der Waals surface area contributed by atoms with Crippen molar-refractivity contribution >= 4 is 28.6 Å². The Kier molecular flexibility index (Phi) is 3.62. The number of nitrogen functional groups attached to an aromatic ring is 1. The predicted molar refractivity (Wildman–Crippen MR) is 75.1 cm³/mol. The first-order valence-electron chi connectivity index (χ1n) is 5.71. The van der Waals surface area contributed by atoms with Crippen LogP contribution in [0.15, 0.2) is 29.8 Å². The van der Waals surface area contributed by atoms with Crippen LogP contribution in [0.1, 0.15) is 22.3 Å². The van der Waals surface area contributed by atoms with Gasteiger partial charge in [-0.3, -0.25) is 4.79 Å². The van der Waals surface area contributed by atoms with E-state index < -0.39 is 0 Å². The molecule has 0 aliphatic carbocycles. The number of nitrogens with zero attached hydrogens (tertiary/aromatic N) is 2. The van der Waals surface area contributed by atoms with E-state index in [1.165, 1.54) is 11.3 Å². The first kappa shape index (κ1) is 12.6. The Balaban J connectivity index is 2.32. The van der Waals surface area contributed by atoms with Crippen molar-refractivity contribution in [3.05, 3.63) is 40.3 Å². The monoisotopic (exact) mass is 261 g/mol. The minimum Gasteiger partial charge on any atom is -0.399 e. The molecule has 0 bridgehead atoms. The van der Waals surface area contributed by atoms with Crippen molar-refractivity contribution in [2.75, 3.05) is 17.2 Å². The molecule has 0 saturated heterocycles. The highest BCUT2D eigenvalue weighted by molar-refractivity contribution is 7.12. The summed E-state index contributed by atoms with van der Waals surface area (Å²) in [4.78, 5) is 18.9. The number of anilines is 2. The van der Waals surface area contributed by atoms with Crippen LogP contribution in [0, 0.1) is 6.92 Å². The number of carbonyl (C=O) groups is 1. The van der Waals surface area contributed by atoms with E-state index >= 15 is 0 Å². The number of thiazole rings is 1. The van der Waals surface area contributed by atoms with Crippen LogP contribution < -0.4 is 10.6 Å². The maximum Gasteiger partial charge on any atom is 0.270 e. The van der Waals surface area contributed by atoms with E-state index in [-0.39, 0.29) is 5.91 Å². The lowest BCUT2D eigenvalue weighted by molar-refractivity contribution is 0.0991. The fourth-order valence-electron chi connectivity index (χ4n) is 1.73. The summed E-state index contributed by atoms with van der Waals surface area (Å²) in [6.07, 6.45) is 0.